The number of carbonyl (C=O) groups excluding carboxylic acids is 4. The second kappa shape index (κ2) is 12.1. The minimum absolute atomic E-state index is 0.156. The van der Waals surface area contributed by atoms with Gasteiger partial charge in [0.15, 0.2) is 0 Å². The van der Waals surface area contributed by atoms with Gasteiger partial charge in [-0.15, -0.1) is 0 Å². The van der Waals surface area contributed by atoms with Crippen molar-refractivity contribution in [3.8, 4) is 0 Å². The zero-order valence-electron chi connectivity index (χ0n) is 22.1. The van der Waals surface area contributed by atoms with E-state index in [9.17, 15) is 19.2 Å². The fraction of sp³-hybridized carbons (Fsp3) is 0.400. The lowest BCUT2D eigenvalue weighted by atomic mass is 10.0. The summed E-state index contributed by atoms with van der Waals surface area (Å²) in [6.45, 7) is 4.40. The highest BCUT2D eigenvalue weighted by molar-refractivity contribution is 6.00. The molecule has 2 aliphatic heterocycles. The number of likely N-dealkylation sites (tertiary alicyclic amines) is 1. The Balaban J connectivity index is 1.52. The first-order valence-electron chi connectivity index (χ1n) is 13.1. The molecule has 0 saturated carbocycles. The van der Waals surface area contributed by atoms with Crippen LogP contribution in [0.5, 0.6) is 0 Å². The van der Waals surface area contributed by atoms with Crippen LogP contribution in [0, 0.1) is 5.92 Å². The zero-order chi connectivity index (χ0) is 27.2. The number of hydrogen-bond acceptors (Lipinski definition) is 5. The molecule has 0 radical (unpaired) electrons. The molecule has 2 saturated heterocycles. The molecule has 0 aromatic heterocycles. The fourth-order valence-corrected chi connectivity index (χ4v) is 5.14. The molecule has 2 aromatic carbocycles. The van der Waals surface area contributed by atoms with E-state index in [0.717, 1.165) is 11.1 Å². The molecular formula is C30H35N3O5. The molecule has 2 aromatic rings. The number of benzene rings is 2. The fourth-order valence-electron chi connectivity index (χ4n) is 5.14. The molecule has 2 heterocycles. The third kappa shape index (κ3) is 6.13. The van der Waals surface area contributed by atoms with E-state index >= 15 is 0 Å². The van der Waals surface area contributed by atoms with Crippen molar-refractivity contribution >= 4 is 29.8 Å². The maximum Gasteiger partial charge on any atom is 0.328 e. The first kappa shape index (κ1) is 27.1. The highest BCUT2D eigenvalue weighted by Gasteiger charge is 2.58. The van der Waals surface area contributed by atoms with Crippen LogP contribution in [0.25, 0.3) is 6.08 Å². The Hall–Kier alpha value is -3.94. The minimum atomic E-state index is -0.797. The summed E-state index contributed by atoms with van der Waals surface area (Å²) in [6.07, 6.45) is 4.90. The van der Waals surface area contributed by atoms with E-state index in [1.807, 2.05) is 74.5 Å². The van der Waals surface area contributed by atoms with E-state index in [-0.39, 0.29) is 17.7 Å². The van der Waals surface area contributed by atoms with Crippen molar-refractivity contribution < 1.29 is 23.9 Å². The third-order valence-corrected chi connectivity index (χ3v) is 7.02. The molecular weight excluding hydrogens is 482 g/mol. The van der Waals surface area contributed by atoms with E-state index in [2.05, 4.69) is 5.32 Å². The van der Waals surface area contributed by atoms with Crippen LogP contribution in [0.3, 0.4) is 0 Å². The predicted octanol–water partition coefficient (Wildman–Crippen LogP) is 3.35. The zero-order valence-corrected chi connectivity index (χ0v) is 22.1. The summed E-state index contributed by atoms with van der Waals surface area (Å²) in [5, 5.41) is 2.81. The Morgan fingerprint density at radius 2 is 1.68 bits per heavy atom. The predicted molar refractivity (Wildman–Crippen MR) is 143 cm³/mol. The molecule has 8 nitrogen and oxygen atoms in total. The largest absolute Gasteiger partial charge is 0.467 e. The van der Waals surface area contributed by atoms with Crippen LogP contribution in [0.2, 0.25) is 0 Å². The van der Waals surface area contributed by atoms with Crippen molar-refractivity contribution in [2.24, 2.45) is 5.92 Å². The molecule has 38 heavy (non-hydrogen) atoms. The number of rotatable bonds is 9. The number of nitrogens with one attached hydrogen (secondary N) is 1. The Morgan fingerprint density at radius 3 is 2.32 bits per heavy atom. The average Bonchev–Trinajstić information content (AvgIpc) is 3.49. The normalized spacial score (nSPS) is 21.4. The second-order valence-electron chi connectivity index (χ2n) is 10.2. The van der Waals surface area contributed by atoms with Gasteiger partial charge in [0.1, 0.15) is 18.1 Å². The van der Waals surface area contributed by atoms with Gasteiger partial charge in [-0.2, -0.15) is 0 Å². The molecule has 4 atom stereocenters. The maximum absolute atomic E-state index is 13.8. The first-order chi connectivity index (χ1) is 18.3. The van der Waals surface area contributed by atoms with Gasteiger partial charge in [0, 0.05) is 12.6 Å². The molecule has 0 bridgehead atoms. The average molecular weight is 518 g/mol. The van der Waals surface area contributed by atoms with Crippen LogP contribution < -0.4 is 5.32 Å². The number of nitrogens with zero attached hydrogens (tertiary/aromatic N) is 2. The van der Waals surface area contributed by atoms with E-state index < -0.39 is 36.0 Å². The van der Waals surface area contributed by atoms with Gasteiger partial charge in [-0.05, 0) is 42.4 Å². The first-order valence-corrected chi connectivity index (χ1v) is 13.1. The lowest BCUT2D eigenvalue weighted by molar-refractivity contribution is -0.145. The molecule has 2 aliphatic rings. The van der Waals surface area contributed by atoms with E-state index in [1.165, 1.54) is 13.2 Å². The molecule has 1 N–H and O–H groups in total. The lowest BCUT2D eigenvalue weighted by Crippen LogP contribution is -2.46. The van der Waals surface area contributed by atoms with Crippen molar-refractivity contribution in [1.29, 1.82) is 0 Å². The van der Waals surface area contributed by atoms with Crippen LogP contribution in [-0.2, 0) is 23.9 Å². The van der Waals surface area contributed by atoms with Crippen molar-refractivity contribution in [1.82, 2.24) is 15.1 Å². The van der Waals surface area contributed by atoms with Gasteiger partial charge in [-0.1, -0.05) is 74.5 Å². The molecule has 200 valence electrons. The lowest BCUT2D eigenvalue weighted by Gasteiger charge is -2.23. The topological polar surface area (TPSA) is 95.8 Å². The van der Waals surface area contributed by atoms with E-state index in [0.29, 0.717) is 25.8 Å². The Morgan fingerprint density at radius 1 is 1.03 bits per heavy atom. The summed E-state index contributed by atoms with van der Waals surface area (Å²) >= 11 is 0. The standard InChI is InChI=1S/C30H35N3O5/c1-20(2)19-23(30(37)38-3)31-28(35)27-26(22-13-8-5-9-14-22)33(27)29(36)24-15-10-18-32(24)25(34)17-16-21-11-6-4-7-12-21/h4-9,11-14,16-17,20,23-24,26-27H,10,15,18-19H2,1-3H3,(H,31,35)/b17-16+/t23-,24-,26+,27-,33?/m0/s1. The van der Waals surface area contributed by atoms with Crippen LogP contribution >= 0.6 is 0 Å². The van der Waals surface area contributed by atoms with Crippen molar-refractivity contribution in [3.63, 3.8) is 0 Å². The SMILES string of the molecule is COC(=O)[C@H](CC(C)C)NC(=O)[C@@H]1[C@@H](c2ccccc2)N1C(=O)[C@@H]1CCCN1C(=O)/C=C/c1ccccc1. The van der Waals surface area contributed by atoms with Crippen LogP contribution in [-0.4, -0.2) is 65.3 Å². The number of carbonyl (C=O) groups is 4. The quantitative estimate of drug-likeness (QED) is 0.313. The Kier molecular flexibility index (Phi) is 8.61. The highest BCUT2D eigenvalue weighted by Crippen LogP contribution is 2.45. The van der Waals surface area contributed by atoms with Crippen molar-refractivity contribution in [2.45, 2.75) is 57.3 Å². The molecule has 2 fully saturated rings. The summed E-state index contributed by atoms with van der Waals surface area (Å²) in [5.41, 5.74) is 1.73. The number of ether oxygens (including phenoxy) is 1. The maximum atomic E-state index is 13.8. The number of esters is 1. The smallest absolute Gasteiger partial charge is 0.328 e. The van der Waals surface area contributed by atoms with Crippen LogP contribution in [0.4, 0.5) is 0 Å². The van der Waals surface area contributed by atoms with Gasteiger partial charge >= 0.3 is 5.97 Å². The molecule has 0 aliphatic carbocycles. The van der Waals surface area contributed by atoms with Gasteiger partial charge in [0.25, 0.3) is 0 Å². The van der Waals surface area contributed by atoms with Crippen LogP contribution in [0.15, 0.2) is 66.7 Å². The molecule has 0 unspecified atom stereocenters. The highest BCUT2D eigenvalue weighted by atomic mass is 16.5. The van der Waals surface area contributed by atoms with Crippen LogP contribution in [0.1, 0.15) is 50.3 Å². The second-order valence-corrected chi connectivity index (χ2v) is 10.2. The van der Waals surface area contributed by atoms with E-state index in [1.54, 1.807) is 15.9 Å². The number of amides is 3. The van der Waals surface area contributed by atoms with Gasteiger partial charge in [0.05, 0.1) is 13.2 Å². The summed E-state index contributed by atoms with van der Waals surface area (Å²) in [4.78, 5) is 55.7. The molecule has 4 rings (SSSR count). The van der Waals surface area contributed by atoms with E-state index in [4.69, 9.17) is 4.74 Å². The van der Waals surface area contributed by atoms with Gasteiger partial charge < -0.3 is 19.9 Å². The Labute approximate surface area is 223 Å². The van der Waals surface area contributed by atoms with Gasteiger partial charge in [-0.25, -0.2) is 4.79 Å². The molecule has 8 heteroatoms. The summed E-state index contributed by atoms with van der Waals surface area (Å²) in [5.74, 6) is -1.24. The van der Waals surface area contributed by atoms with Crippen molar-refractivity contribution in [2.75, 3.05) is 13.7 Å². The van der Waals surface area contributed by atoms with Crippen molar-refractivity contribution in [3.05, 3.63) is 77.9 Å². The minimum Gasteiger partial charge on any atom is -0.467 e. The number of methoxy groups -OCH3 is 1. The number of hydrogen-bond donors (Lipinski definition) is 1. The summed E-state index contributed by atoms with van der Waals surface area (Å²) < 4.78 is 4.89. The molecule has 3 amide bonds. The summed E-state index contributed by atoms with van der Waals surface area (Å²) in [6, 6.07) is 16.2. The third-order valence-electron chi connectivity index (χ3n) is 7.02. The molecule has 0 spiro atoms. The van der Waals surface area contributed by atoms with Gasteiger partial charge in [-0.3, -0.25) is 14.4 Å². The monoisotopic (exact) mass is 517 g/mol. The Bertz CT molecular complexity index is 1180. The summed E-state index contributed by atoms with van der Waals surface area (Å²) in [7, 11) is 1.29. The van der Waals surface area contributed by atoms with Gasteiger partial charge in [0.2, 0.25) is 17.7 Å².